The van der Waals surface area contributed by atoms with Gasteiger partial charge in [0.1, 0.15) is 0 Å². The van der Waals surface area contributed by atoms with Crippen molar-refractivity contribution in [2.75, 3.05) is 0 Å². The lowest BCUT2D eigenvalue weighted by Crippen LogP contribution is -2.32. The summed E-state index contributed by atoms with van der Waals surface area (Å²) in [5.41, 5.74) is 1.44. The second-order valence-corrected chi connectivity index (χ2v) is 4.48. The Morgan fingerprint density at radius 3 is 2.36 bits per heavy atom. The van der Waals surface area contributed by atoms with Crippen molar-refractivity contribution in [3.05, 3.63) is 35.9 Å². The van der Waals surface area contributed by atoms with Gasteiger partial charge in [-0.15, -0.1) is 0 Å². The molecule has 1 saturated carbocycles. The monoisotopic (exact) mass is 189 g/mol. The molecule has 1 heteroatoms. The highest BCUT2D eigenvalue weighted by atomic mass is 15.2. The minimum absolute atomic E-state index is 0.669. The molecule has 0 spiro atoms. The van der Waals surface area contributed by atoms with E-state index in [0.717, 1.165) is 12.6 Å². The van der Waals surface area contributed by atoms with Crippen LogP contribution in [-0.4, -0.2) is 17.0 Å². The Morgan fingerprint density at radius 2 is 1.86 bits per heavy atom. The lowest BCUT2D eigenvalue weighted by Gasteiger charge is -2.26. The smallest absolute Gasteiger partial charge is 0.0239 e. The zero-order valence-electron chi connectivity index (χ0n) is 9.11. The van der Waals surface area contributed by atoms with Gasteiger partial charge in [0.25, 0.3) is 0 Å². The van der Waals surface area contributed by atoms with Gasteiger partial charge in [0, 0.05) is 18.6 Å². The second-order valence-electron chi connectivity index (χ2n) is 4.48. The number of hydrogen-bond acceptors (Lipinski definition) is 1. The van der Waals surface area contributed by atoms with Gasteiger partial charge in [-0.25, -0.2) is 0 Å². The molecule has 0 unspecified atom stereocenters. The molecule has 0 radical (unpaired) electrons. The maximum Gasteiger partial charge on any atom is 0.0239 e. The first-order chi connectivity index (χ1) is 6.77. The number of hydrogen-bond donors (Lipinski definition) is 0. The third-order valence-electron chi connectivity index (χ3n) is 2.89. The molecule has 1 nitrogen and oxygen atoms in total. The van der Waals surface area contributed by atoms with Crippen molar-refractivity contribution in [2.45, 2.75) is 45.3 Å². The van der Waals surface area contributed by atoms with Gasteiger partial charge in [-0.2, -0.15) is 0 Å². The molecule has 0 atom stereocenters. The molecule has 0 bridgehead atoms. The van der Waals surface area contributed by atoms with E-state index in [1.54, 1.807) is 0 Å². The molecule has 1 aromatic rings. The lowest BCUT2D eigenvalue weighted by atomic mass is 10.2. The molecule has 76 valence electrons. The van der Waals surface area contributed by atoms with Crippen molar-refractivity contribution in [1.29, 1.82) is 0 Å². The van der Waals surface area contributed by atoms with E-state index in [0.29, 0.717) is 6.04 Å². The summed E-state index contributed by atoms with van der Waals surface area (Å²) in [7, 11) is 0. The normalized spacial score (nSPS) is 16.6. The maximum atomic E-state index is 2.61. The quantitative estimate of drug-likeness (QED) is 0.703. The maximum absolute atomic E-state index is 2.61. The van der Waals surface area contributed by atoms with Crippen LogP contribution < -0.4 is 0 Å². The van der Waals surface area contributed by atoms with Gasteiger partial charge in [-0.3, -0.25) is 4.90 Å². The van der Waals surface area contributed by atoms with Crippen molar-refractivity contribution < 1.29 is 0 Å². The van der Waals surface area contributed by atoms with Crippen LogP contribution in [0.15, 0.2) is 30.3 Å². The van der Waals surface area contributed by atoms with Crippen LogP contribution >= 0.6 is 0 Å². The summed E-state index contributed by atoms with van der Waals surface area (Å²) >= 11 is 0. The van der Waals surface area contributed by atoms with E-state index in [4.69, 9.17) is 0 Å². The fraction of sp³-hybridized carbons (Fsp3) is 0.538. The molecule has 0 aromatic heterocycles. The Bertz CT molecular complexity index is 273. The van der Waals surface area contributed by atoms with E-state index >= 15 is 0 Å². The summed E-state index contributed by atoms with van der Waals surface area (Å²) in [5, 5.41) is 0. The second kappa shape index (κ2) is 4.14. The van der Waals surface area contributed by atoms with Crippen molar-refractivity contribution in [2.24, 2.45) is 0 Å². The predicted molar refractivity (Wildman–Crippen MR) is 60.1 cm³/mol. The molecule has 0 aliphatic heterocycles. The standard InChI is InChI=1S/C13H19N/c1-11(2)14(13-8-9-13)10-12-6-4-3-5-7-12/h3-7,11,13H,8-10H2,1-2H3. The molecule has 1 aliphatic rings. The fourth-order valence-corrected chi connectivity index (χ4v) is 1.93. The first kappa shape index (κ1) is 9.72. The molecule has 14 heavy (non-hydrogen) atoms. The van der Waals surface area contributed by atoms with Crippen LogP contribution in [0.5, 0.6) is 0 Å². The molecule has 0 heterocycles. The minimum Gasteiger partial charge on any atom is -0.294 e. The molecule has 0 N–H and O–H groups in total. The average molecular weight is 189 g/mol. The van der Waals surface area contributed by atoms with Gasteiger partial charge >= 0.3 is 0 Å². The Hall–Kier alpha value is -0.820. The molecule has 0 saturated heterocycles. The number of rotatable bonds is 4. The summed E-state index contributed by atoms with van der Waals surface area (Å²) in [6.45, 7) is 5.70. The van der Waals surface area contributed by atoms with E-state index in [9.17, 15) is 0 Å². The third kappa shape index (κ3) is 2.36. The summed E-state index contributed by atoms with van der Waals surface area (Å²) < 4.78 is 0. The van der Waals surface area contributed by atoms with Crippen LogP contribution in [0.1, 0.15) is 32.3 Å². The van der Waals surface area contributed by atoms with Gasteiger partial charge in [-0.1, -0.05) is 30.3 Å². The van der Waals surface area contributed by atoms with Gasteiger partial charge in [-0.05, 0) is 32.3 Å². The van der Waals surface area contributed by atoms with Gasteiger partial charge in [0.2, 0.25) is 0 Å². The molecular formula is C13H19N. The molecule has 1 fully saturated rings. The highest BCUT2D eigenvalue weighted by Crippen LogP contribution is 2.29. The Balaban J connectivity index is 2.00. The van der Waals surface area contributed by atoms with Gasteiger partial charge in [0.05, 0.1) is 0 Å². The summed E-state index contributed by atoms with van der Waals surface area (Å²) in [6.07, 6.45) is 2.79. The molecule has 2 rings (SSSR count). The molecule has 0 amide bonds. The van der Waals surface area contributed by atoms with E-state index in [2.05, 4.69) is 49.1 Å². The van der Waals surface area contributed by atoms with Crippen LogP contribution in [0, 0.1) is 0 Å². The molecular weight excluding hydrogens is 170 g/mol. The van der Waals surface area contributed by atoms with Crippen molar-refractivity contribution >= 4 is 0 Å². The van der Waals surface area contributed by atoms with Crippen LogP contribution in [-0.2, 0) is 6.54 Å². The van der Waals surface area contributed by atoms with Crippen molar-refractivity contribution in [3.8, 4) is 0 Å². The zero-order valence-corrected chi connectivity index (χ0v) is 9.11. The lowest BCUT2D eigenvalue weighted by molar-refractivity contribution is 0.202. The Kier molecular flexibility index (Phi) is 2.87. The topological polar surface area (TPSA) is 3.24 Å². The SMILES string of the molecule is CC(C)N(Cc1ccccc1)C1CC1. The zero-order chi connectivity index (χ0) is 9.97. The Labute approximate surface area is 86.7 Å². The first-order valence-electron chi connectivity index (χ1n) is 5.57. The molecule has 1 aromatic carbocycles. The summed E-state index contributed by atoms with van der Waals surface area (Å²) in [6, 6.07) is 12.3. The number of nitrogens with zero attached hydrogens (tertiary/aromatic N) is 1. The third-order valence-corrected chi connectivity index (χ3v) is 2.89. The van der Waals surface area contributed by atoms with Crippen LogP contribution in [0.3, 0.4) is 0 Å². The number of benzene rings is 1. The van der Waals surface area contributed by atoms with Crippen molar-refractivity contribution in [3.63, 3.8) is 0 Å². The largest absolute Gasteiger partial charge is 0.294 e. The van der Waals surface area contributed by atoms with E-state index < -0.39 is 0 Å². The summed E-state index contributed by atoms with van der Waals surface area (Å²) in [4.78, 5) is 2.61. The summed E-state index contributed by atoms with van der Waals surface area (Å²) in [5.74, 6) is 0. The van der Waals surface area contributed by atoms with Crippen LogP contribution in [0.4, 0.5) is 0 Å². The highest BCUT2D eigenvalue weighted by Gasteiger charge is 2.30. The Morgan fingerprint density at radius 1 is 1.21 bits per heavy atom. The highest BCUT2D eigenvalue weighted by molar-refractivity contribution is 5.15. The van der Waals surface area contributed by atoms with Crippen LogP contribution in [0.2, 0.25) is 0 Å². The van der Waals surface area contributed by atoms with Gasteiger partial charge in [0.15, 0.2) is 0 Å². The average Bonchev–Trinajstić information content (AvgIpc) is 2.99. The first-order valence-corrected chi connectivity index (χ1v) is 5.57. The van der Waals surface area contributed by atoms with Crippen molar-refractivity contribution in [1.82, 2.24) is 4.90 Å². The van der Waals surface area contributed by atoms with E-state index in [1.165, 1.54) is 18.4 Å². The van der Waals surface area contributed by atoms with Gasteiger partial charge < -0.3 is 0 Å². The van der Waals surface area contributed by atoms with Crippen LogP contribution in [0.25, 0.3) is 0 Å². The molecule has 1 aliphatic carbocycles. The van der Waals surface area contributed by atoms with E-state index in [-0.39, 0.29) is 0 Å². The fourth-order valence-electron chi connectivity index (χ4n) is 1.93. The minimum atomic E-state index is 0.669. The predicted octanol–water partition coefficient (Wildman–Crippen LogP) is 3.06. The van der Waals surface area contributed by atoms with E-state index in [1.807, 2.05) is 0 Å².